The van der Waals surface area contributed by atoms with E-state index in [1.54, 1.807) is 12.4 Å². The smallest absolute Gasteiger partial charge is 0.163 e. The van der Waals surface area contributed by atoms with Gasteiger partial charge in [0.1, 0.15) is 0 Å². The van der Waals surface area contributed by atoms with Crippen molar-refractivity contribution in [3.8, 4) is 0 Å². The number of rotatable bonds is 3. The van der Waals surface area contributed by atoms with Gasteiger partial charge < -0.3 is 0 Å². The summed E-state index contributed by atoms with van der Waals surface area (Å²) in [6.45, 7) is 4.11. The Morgan fingerprint density at radius 1 is 1.31 bits per heavy atom. The minimum absolute atomic E-state index is 0.202. The Hall–Kier alpha value is -1.70. The fourth-order valence-corrected chi connectivity index (χ4v) is 1.84. The quantitative estimate of drug-likeness (QED) is 0.731. The van der Waals surface area contributed by atoms with Crippen molar-refractivity contribution >= 4 is 16.6 Å². The summed E-state index contributed by atoms with van der Waals surface area (Å²) in [5, 5.41) is 2.03. The summed E-state index contributed by atoms with van der Waals surface area (Å²) < 4.78 is 0. The number of benzene rings is 1. The summed E-state index contributed by atoms with van der Waals surface area (Å²) in [7, 11) is 0. The molecule has 16 heavy (non-hydrogen) atoms. The van der Waals surface area contributed by atoms with Crippen LogP contribution < -0.4 is 0 Å². The number of carbonyl (C=O) groups excluding carboxylic acids is 1. The van der Waals surface area contributed by atoms with Crippen LogP contribution in [0.1, 0.15) is 30.6 Å². The highest BCUT2D eigenvalue weighted by Gasteiger charge is 2.11. The van der Waals surface area contributed by atoms with Crippen LogP contribution in [-0.4, -0.2) is 10.8 Å². The van der Waals surface area contributed by atoms with Crippen LogP contribution >= 0.6 is 0 Å². The zero-order valence-electron chi connectivity index (χ0n) is 9.60. The van der Waals surface area contributed by atoms with E-state index in [1.807, 2.05) is 24.3 Å². The molecule has 0 bridgehead atoms. The fourth-order valence-electron chi connectivity index (χ4n) is 1.84. The second-order valence-electron chi connectivity index (χ2n) is 4.42. The molecular formula is C14H15NO. The van der Waals surface area contributed by atoms with E-state index in [-0.39, 0.29) is 5.78 Å². The van der Waals surface area contributed by atoms with Crippen LogP contribution in [0.3, 0.4) is 0 Å². The Bertz CT molecular complexity index is 512. The molecule has 0 amide bonds. The molecule has 0 fully saturated rings. The van der Waals surface area contributed by atoms with Gasteiger partial charge in [0, 0.05) is 29.8 Å². The molecule has 1 aromatic heterocycles. The molecule has 0 radical (unpaired) electrons. The van der Waals surface area contributed by atoms with Crippen LogP contribution in [0.2, 0.25) is 0 Å². The third kappa shape index (κ3) is 2.11. The number of carbonyl (C=O) groups is 1. The van der Waals surface area contributed by atoms with E-state index in [4.69, 9.17) is 0 Å². The molecule has 1 heterocycles. The van der Waals surface area contributed by atoms with Crippen molar-refractivity contribution in [1.82, 2.24) is 4.98 Å². The predicted molar refractivity (Wildman–Crippen MR) is 65.5 cm³/mol. The molecule has 0 atom stereocenters. The van der Waals surface area contributed by atoms with Crippen LogP contribution in [0.25, 0.3) is 10.8 Å². The molecule has 0 aliphatic rings. The van der Waals surface area contributed by atoms with Gasteiger partial charge in [-0.05, 0) is 17.4 Å². The van der Waals surface area contributed by atoms with E-state index in [2.05, 4.69) is 18.8 Å². The molecule has 0 saturated carbocycles. The molecule has 0 saturated heterocycles. The van der Waals surface area contributed by atoms with E-state index in [0.29, 0.717) is 12.3 Å². The van der Waals surface area contributed by atoms with Crippen LogP contribution in [-0.2, 0) is 0 Å². The van der Waals surface area contributed by atoms with Gasteiger partial charge in [-0.15, -0.1) is 0 Å². The Balaban J connectivity index is 2.48. The average molecular weight is 213 g/mol. The van der Waals surface area contributed by atoms with E-state index >= 15 is 0 Å². The minimum Gasteiger partial charge on any atom is -0.294 e. The van der Waals surface area contributed by atoms with Gasteiger partial charge in [0.25, 0.3) is 0 Å². The van der Waals surface area contributed by atoms with Gasteiger partial charge in [0.05, 0.1) is 0 Å². The summed E-state index contributed by atoms with van der Waals surface area (Å²) in [6, 6.07) is 7.75. The largest absolute Gasteiger partial charge is 0.294 e. The highest BCUT2D eigenvalue weighted by Crippen LogP contribution is 2.20. The number of nitrogens with zero attached hydrogens (tertiary/aromatic N) is 1. The Labute approximate surface area is 95.3 Å². The van der Waals surface area contributed by atoms with Crippen molar-refractivity contribution in [3.63, 3.8) is 0 Å². The third-order valence-electron chi connectivity index (χ3n) is 2.58. The lowest BCUT2D eigenvalue weighted by Gasteiger charge is -2.06. The number of hydrogen-bond donors (Lipinski definition) is 0. The second-order valence-corrected chi connectivity index (χ2v) is 4.42. The molecule has 1 aromatic carbocycles. The first-order valence-electron chi connectivity index (χ1n) is 5.54. The summed E-state index contributed by atoms with van der Waals surface area (Å²) >= 11 is 0. The van der Waals surface area contributed by atoms with Crippen LogP contribution in [0.15, 0.2) is 36.7 Å². The van der Waals surface area contributed by atoms with Crippen molar-refractivity contribution < 1.29 is 4.79 Å². The van der Waals surface area contributed by atoms with Gasteiger partial charge in [-0.1, -0.05) is 32.0 Å². The molecule has 0 aliphatic carbocycles. The van der Waals surface area contributed by atoms with Crippen molar-refractivity contribution in [3.05, 3.63) is 42.2 Å². The summed E-state index contributed by atoms with van der Waals surface area (Å²) in [5.74, 6) is 0.591. The van der Waals surface area contributed by atoms with Crippen molar-refractivity contribution in [2.45, 2.75) is 20.3 Å². The molecule has 0 aliphatic heterocycles. The highest BCUT2D eigenvalue weighted by atomic mass is 16.1. The van der Waals surface area contributed by atoms with Gasteiger partial charge >= 0.3 is 0 Å². The zero-order chi connectivity index (χ0) is 11.5. The molecule has 2 nitrogen and oxygen atoms in total. The summed E-state index contributed by atoms with van der Waals surface area (Å²) in [5.41, 5.74) is 0.791. The van der Waals surface area contributed by atoms with E-state index in [9.17, 15) is 4.79 Å². The average Bonchev–Trinajstić information content (AvgIpc) is 2.27. The Morgan fingerprint density at radius 2 is 2.12 bits per heavy atom. The minimum atomic E-state index is 0.202. The lowest BCUT2D eigenvalue weighted by atomic mass is 9.97. The lowest BCUT2D eigenvalue weighted by molar-refractivity contribution is 0.0969. The Kier molecular flexibility index (Phi) is 3.00. The molecule has 0 N–H and O–H groups in total. The first kappa shape index (κ1) is 10.8. The van der Waals surface area contributed by atoms with Crippen LogP contribution in [0, 0.1) is 5.92 Å². The molecule has 2 heteroatoms. The van der Waals surface area contributed by atoms with Gasteiger partial charge in [-0.3, -0.25) is 9.78 Å². The maximum absolute atomic E-state index is 12.0. The van der Waals surface area contributed by atoms with Gasteiger partial charge in [-0.2, -0.15) is 0 Å². The molecule has 0 unspecified atom stereocenters. The first-order valence-corrected chi connectivity index (χ1v) is 5.54. The lowest BCUT2D eigenvalue weighted by Crippen LogP contribution is -2.04. The normalized spacial score (nSPS) is 10.9. The van der Waals surface area contributed by atoms with Gasteiger partial charge in [-0.25, -0.2) is 0 Å². The van der Waals surface area contributed by atoms with Crippen LogP contribution in [0.4, 0.5) is 0 Å². The highest BCUT2D eigenvalue weighted by molar-refractivity contribution is 6.07. The van der Waals surface area contributed by atoms with Crippen molar-refractivity contribution in [2.75, 3.05) is 0 Å². The maximum Gasteiger partial charge on any atom is 0.163 e. The zero-order valence-corrected chi connectivity index (χ0v) is 9.60. The molecular weight excluding hydrogens is 198 g/mol. The van der Waals surface area contributed by atoms with Crippen LogP contribution in [0.5, 0.6) is 0 Å². The fraction of sp³-hybridized carbons (Fsp3) is 0.286. The molecule has 2 aromatic rings. The SMILES string of the molecule is CC(C)CC(=O)c1cccc2ccncc12. The number of fused-ring (bicyclic) bond motifs is 1. The number of hydrogen-bond acceptors (Lipinski definition) is 2. The van der Waals surface area contributed by atoms with Gasteiger partial charge in [0.15, 0.2) is 5.78 Å². The first-order chi connectivity index (χ1) is 7.68. The van der Waals surface area contributed by atoms with Crippen molar-refractivity contribution in [1.29, 1.82) is 0 Å². The third-order valence-corrected chi connectivity index (χ3v) is 2.58. The van der Waals surface area contributed by atoms with Crippen molar-refractivity contribution in [2.24, 2.45) is 5.92 Å². The van der Waals surface area contributed by atoms with E-state index in [1.165, 1.54) is 0 Å². The van der Waals surface area contributed by atoms with E-state index in [0.717, 1.165) is 16.3 Å². The summed E-state index contributed by atoms with van der Waals surface area (Å²) in [4.78, 5) is 16.1. The number of aromatic nitrogens is 1. The van der Waals surface area contributed by atoms with Gasteiger partial charge in [0.2, 0.25) is 0 Å². The molecule has 2 rings (SSSR count). The predicted octanol–water partition coefficient (Wildman–Crippen LogP) is 3.46. The second kappa shape index (κ2) is 4.44. The molecule has 0 spiro atoms. The van der Waals surface area contributed by atoms with E-state index < -0.39 is 0 Å². The standard InChI is InChI=1S/C14H15NO/c1-10(2)8-14(16)12-5-3-4-11-6-7-15-9-13(11)12/h3-7,9-10H,8H2,1-2H3. The maximum atomic E-state index is 12.0. The summed E-state index contributed by atoms with van der Waals surface area (Å²) in [6.07, 6.45) is 4.11. The molecule has 82 valence electrons. The monoisotopic (exact) mass is 213 g/mol. The topological polar surface area (TPSA) is 30.0 Å². The number of pyridine rings is 1. The Morgan fingerprint density at radius 3 is 2.88 bits per heavy atom. The number of Topliss-reactive ketones (excluding diaryl/α,β-unsaturated/α-hetero) is 1. The number of ketones is 1.